The van der Waals surface area contributed by atoms with E-state index in [1.165, 1.54) is 11.1 Å². The topological polar surface area (TPSA) is 41.1 Å². The van der Waals surface area contributed by atoms with Crippen LogP contribution in [0.25, 0.3) is 0 Å². The van der Waals surface area contributed by atoms with E-state index in [1.54, 1.807) is 0 Å². The van der Waals surface area contributed by atoms with E-state index in [-0.39, 0.29) is 12.1 Å². The van der Waals surface area contributed by atoms with Crippen molar-refractivity contribution in [1.29, 1.82) is 0 Å². The normalized spacial score (nSPS) is 11.9. The third kappa shape index (κ3) is 3.88. The lowest BCUT2D eigenvalue weighted by Gasteiger charge is -2.18. The fraction of sp³-hybridized carbons (Fsp3) is 0.316. The molecule has 1 atom stereocenters. The summed E-state index contributed by atoms with van der Waals surface area (Å²) in [7, 11) is 0. The van der Waals surface area contributed by atoms with Gasteiger partial charge in [-0.05, 0) is 62.9 Å². The molecule has 0 aromatic heterocycles. The zero-order chi connectivity index (χ0) is 16.3. The van der Waals surface area contributed by atoms with Crippen molar-refractivity contribution in [3.05, 3.63) is 64.2 Å². The molecule has 2 N–H and O–H groups in total. The van der Waals surface area contributed by atoms with Gasteiger partial charge in [-0.15, -0.1) is 0 Å². The molecule has 2 aromatic rings. The number of carbonyl (C=O) groups is 1. The lowest BCUT2D eigenvalue weighted by Crippen LogP contribution is -2.31. The zero-order valence-electron chi connectivity index (χ0n) is 13.9. The van der Waals surface area contributed by atoms with Gasteiger partial charge in [0.1, 0.15) is 0 Å². The number of anilines is 1. The van der Waals surface area contributed by atoms with E-state index in [2.05, 4.69) is 42.7 Å². The van der Waals surface area contributed by atoms with Crippen molar-refractivity contribution in [2.45, 2.75) is 40.7 Å². The summed E-state index contributed by atoms with van der Waals surface area (Å²) in [5.74, 6) is 0. The van der Waals surface area contributed by atoms with Crippen LogP contribution >= 0.6 is 0 Å². The summed E-state index contributed by atoms with van der Waals surface area (Å²) in [6, 6.07) is 12.1. The number of hydrogen-bond acceptors (Lipinski definition) is 1. The quantitative estimate of drug-likeness (QED) is 0.839. The van der Waals surface area contributed by atoms with Crippen LogP contribution in [0, 0.1) is 27.7 Å². The number of hydrogen-bond donors (Lipinski definition) is 2. The molecule has 0 fully saturated rings. The van der Waals surface area contributed by atoms with Gasteiger partial charge in [0, 0.05) is 5.69 Å². The summed E-state index contributed by atoms with van der Waals surface area (Å²) in [5, 5.41) is 5.93. The molecule has 0 radical (unpaired) electrons. The first-order valence-electron chi connectivity index (χ1n) is 7.58. The summed E-state index contributed by atoms with van der Waals surface area (Å²) in [4.78, 5) is 12.2. The molecule has 0 saturated carbocycles. The SMILES string of the molecule is Cc1ccc(C(C)NC(=O)Nc2cc(C)ccc2C)c(C)c1. The Balaban J connectivity index is 2.06. The Morgan fingerprint density at radius 2 is 1.55 bits per heavy atom. The lowest BCUT2D eigenvalue weighted by atomic mass is 10.0. The van der Waals surface area contributed by atoms with Crippen LogP contribution < -0.4 is 10.6 Å². The number of rotatable bonds is 3. The van der Waals surface area contributed by atoms with Crippen molar-refractivity contribution >= 4 is 11.7 Å². The van der Waals surface area contributed by atoms with E-state index in [0.29, 0.717) is 0 Å². The maximum absolute atomic E-state index is 12.2. The number of benzene rings is 2. The molecule has 22 heavy (non-hydrogen) atoms. The third-order valence-corrected chi connectivity index (χ3v) is 3.88. The van der Waals surface area contributed by atoms with Crippen molar-refractivity contribution in [2.75, 3.05) is 5.32 Å². The van der Waals surface area contributed by atoms with Gasteiger partial charge in [0.2, 0.25) is 0 Å². The highest BCUT2D eigenvalue weighted by Crippen LogP contribution is 2.20. The second-order valence-corrected chi connectivity index (χ2v) is 6.00. The second kappa shape index (κ2) is 6.65. The molecule has 0 bridgehead atoms. The van der Waals surface area contributed by atoms with Gasteiger partial charge < -0.3 is 10.6 Å². The first kappa shape index (κ1) is 16.1. The first-order valence-corrected chi connectivity index (χ1v) is 7.58. The Morgan fingerprint density at radius 1 is 0.909 bits per heavy atom. The monoisotopic (exact) mass is 296 g/mol. The molecule has 0 aliphatic heterocycles. The minimum Gasteiger partial charge on any atom is -0.331 e. The van der Waals surface area contributed by atoms with E-state index in [0.717, 1.165) is 22.4 Å². The Labute approximate surface area is 132 Å². The van der Waals surface area contributed by atoms with Gasteiger partial charge in [-0.1, -0.05) is 35.9 Å². The van der Waals surface area contributed by atoms with Gasteiger partial charge in [0.05, 0.1) is 6.04 Å². The molecule has 3 heteroatoms. The summed E-state index contributed by atoms with van der Waals surface area (Å²) in [6.07, 6.45) is 0. The van der Waals surface area contributed by atoms with Crippen LogP contribution in [0.15, 0.2) is 36.4 Å². The number of urea groups is 1. The highest BCUT2D eigenvalue weighted by atomic mass is 16.2. The highest BCUT2D eigenvalue weighted by Gasteiger charge is 2.12. The summed E-state index contributed by atoms with van der Waals surface area (Å²) in [5.41, 5.74) is 6.60. The van der Waals surface area contributed by atoms with E-state index < -0.39 is 0 Å². The maximum Gasteiger partial charge on any atom is 0.319 e. The summed E-state index contributed by atoms with van der Waals surface area (Å²) >= 11 is 0. The molecular weight excluding hydrogens is 272 g/mol. The van der Waals surface area contributed by atoms with Gasteiger partial charge in [-0.2, -0.15) is 0 Å². The number of nitrogens with one attached hydrogen (secondary N) is 2. The van der Waals surface area contributed by atoms with Gasteiger partial charge >= 0.3 is 6.03 Å². The van der Waals surface area contributed by atoms with Crippen LogP contribution in [-0.2, 0) is 0 Å². The van der Waals surface area contributed by atoms with E-state index in [4.69, 9.17) is 0 Å². The number of carbonyl (C=O) groups excluding carboxylic acids is 1. The van der Waals surface area contributed by atoms with Crippen LogP contribution in [0.3, 0.4) is 0 Å². The molecule has 1 unspecified atom stereocenters. The van der Waals surface area contributed by atoms with Crippen molar-refractivity contribution < 1.29 is 4.79 Å². The van der Waals surface area contributed by atoms with Crippen LogP contribution in [-0.4, -0.2) is 6.03 Å². The first-order chi connectivity index (χ1) is 10.4. The summed E-state index contributed by atoms with van der Waals surface area (Å²) < 4.78 is 0. The Morgan fingerprint density at radius 3 is 2.23 bits per heavy atom. The van der Waals surface area contributed by atoms with E-state index >= 15 is 0 Å². The average Bonchev–Trinajstić information content (AvgIpc) is 2.42. The van der Waals surface area contributed by atoms with Crippen molar-refractivity contribution in [3.8, 4) is 0 Å². The van der Waals surface area contributed by atoms with Gasteiger partial charge in [0.25, 0.3) is 0 Å². The van der Waals surface area contributed by atoms with Gasteiger partial charge in [0.15, 0.2) is 0 Å². The largest absolute Gasteiger partial charge is 0.331 e. The molecular formula is C19H24N2O. The smallest absolute Gasteiger partial charge is 0.319 e. The molecule has 2 rings (SSSR count). The molecule has 0 heterocycles. The third-order valence-electron chi connectivity index (χ3n) is 3.88. The molecule has 0 saturated heterocycles. The fourth-order valence-corrected chi connectivity index (χ4v) is 2.61. The molecule has 0 aliphatic carbocycles. The average molecular weight is 296 g/mol. The standard InChI is InChI=1S/C19H24N2O/c1-12-7-9-17(15(4)10-12)16(5)20-19(22)21-18-11-13(2)6-8-14(18)3/h6-11,16H,1-5H3,(H2,20,21,22). The van der Waals surface area contributed by atoms with Gasteiger partial charge in [-0.25, -0.2) is 4.79 Å². The predicted molar refractivity (Wildman–Crippen MR) is 92.4 cm³/mol. The van der Waals surface area contributed by atoms with Crippen molar-refractivity contribution in [1.82, 2.24) is 5.32 Å². The zero-order valence-corrected chi connectivity index (χ0v) is 13.9. The highest BCUT2D eigenvalue weighted by molar-refractivity contribution is 5.90. The molecule has 2 aromatic carbocycles. The molecule has 0 aliphatic rings. The van der Waals surface area contributed by atoms with Crippen LogP contribution in [0.4, 0.5) is 10.5 Å². The minimum atomic E-state index is -0.179. The Kier molecular flexibility index (Phi) is 4.86. The molecule has 3 nitrogen and oxygen atoms in total. The number of amides is 2. The van der Waals surface area contributed by atoms with E-state index in [1.807, 2.05) is 39.0 Å². The van der Waals surface area contributed by atoms with Gasteiger partial charge in [-0.3, -0.25) is 0 Å². The Bertz CT molecular complexity index is 692. The van der Waals surface area contributed by atoms with Crippen LogP contribution in [0.2, 0.25) is 0 Å². The van der Waals surface area contributed by atoms with Crippen LogP contribution in [0.5, 0.6) is 0 Å². The second-order valence-electron chi connectivity index (χ2n) is 6.00. The molecule has 116 valence electrons. The Hall–Kier alpha value is -2.29. The van der Waals surface area contributed by atoms with Crippen molar-refractivity contribution in [3.63, 3.8) is 0 Å². The lowest BCUT2D eigenvalue weighted by molar-refractivity contribution is 0.249. The fourth-order valence-electron chi connectivity index (χ4n) is 2.61. The molecule has 2 amide bonds. The predicted octanol–water partition coefficient (Wildman–Crippen LogP) is 4.80. The van der Waals surface area contributed by atoms with E-state index in [9.17, 15) is 4.79 Å². The minimum absolute atomic E-state index is 0.0364. The summed E-state index contributed by atoms with van der Waals surface area (Å²) in [6.45, 7) is 10.1. The maximum atomic E-state index is 12.2. The van der Waals surface area contributed by atoms with Crippen LogP contribution in [0.1, 0.15) is 40.8 Å². The molecule has 0 spiro atoms. The number of aryl methyl sites for hydroxylation is 4. The van der Waals surface area contributed by atoms with Crippen molar-refractivity contribution in [2.24, 2.45) is 0 Å².